The lowest BCUT2D eigenvalue weighted by Gasteiger charge is -2.12. The fourth-order valence-corrected chi connectivity index (χ4v) is 3.48. The molecule has 0 radical (unpaired) electrons. The van der Waals surface area contributed by atoms with Crippen LogP contribution in [0.4, 0.5) is 0 Å². The Bertz CT molecular complexity index is 661. The van der Waals surface area contributed by atoms with Crippen molar-refractivity contribution in [3.05, 3.63) is 52.4 Å². The molecule has 0 saturated heterocycles. The summed E-state index contributed by atoms with van der Waals surface area (Å²) in [5, 5.41) is 3.03. The maximum Gasteiger partial charge on any atom is 0.263 e. The van der Waals surface area contributed by atoms with Crippen LogP contribution in [0.15, 0.2) is 47.5 Å². The van der Waals surface area contributed by atoms with Crippen LogP contribution in [0, 0.1) is 0 Å². The number of nitrogens with one attached hydrogen (secondary N) is 1. The third-order valence-corrected chi connectivity index (χ3v) is 4.76. The Morgan fingerprint density at radius 2 is 2.09 bits per heavy atom. The summed E-state index contributed by atoms with van der Waals surface area (Å²) in [6.07, 6.45) is 8.26. The van der Waals surface area contributed by atoms with Crippen molar-refractivity contribution in [3.8, 4) is 11.3 Å². The zero-order chi connectivity index (χ0) is 15.2. The van der Waals surface area contributed by atoms with Gasteiger partial charge in [-0.25, -0.2) is 4.98 Å². The van der Waals surface area contributed by atoms with Gasteiger partial charge in [-0.2, -0.15) is 0 Å². The van der Waals surface area contributed by atoms with Gasteiger partial charge in [-0.1, -0.05) is 42.0 Å². The van der Waals surface area contributed by atoms with Crippen LogP contribution in [-0.2, 0) is 0 Å². The van der Waals surface area contributed by atoms with E-state index in [9.17, 15) is 4.79 Å². The molecular formula is C18H20N2OS. The number of thiazole rings is 1. The average molecular weight is 312 g/mol. The van der Waals surface area contributed by atoms with Crippen LogP contribution >= 0.6 is 11.3 Å². The summed E-state index contributed by atoms with van der Waals surface area (Å²) in [6, 6.07) is 9.86. The molecule has 4 heteroatoms. The number of amides is 1. The van der Waals surface area contributed by atoms with Gasteiger partial charge in [0.1, 0.15) is 4.88 Å². The second kappa shape index (κ2) is 7.36. The monoisotopic (exact) mass is 312 g/mol. The lowest BCUT2D eigenvalue weighted by molar-refractivity contribution is 0.0958. The molecule has 0 spiro atoms. The molecule has 22 heavy (non-hydrogen) atoms. The molecule has 114 valence electrons. The van der Waals surface area contributed by atoms with E-state index >= 15 is 0 Å². The molecular weight excluding hydrogens is 292 g/mol. The normalized spacial score (nSPS) is 14.5. The van der Waals surface area contributed by atoms with Crippen molar-refractivity contribution in [1.29, 1.82) is 0 Å². The maximum atomic E-state index is 12.4. The summed E-state index contributed by atoms with van der Waals surface area (Å²) < 4.78 is 0. The quantitative estimate of drug-likeness (QED) is 0.830. The highest BCUT2D eigenvalue weighted by Gasteiger charge is 2.15. The number of carbonyl (C=O) groups excluding carboxylic acids is 1. The van der Waals surface area contributed by atoms with Crippen LogP contribution in [0.3, 0.4) is 0 Å². The average Bonchev–Trinajstić information content (AvgIpc) is 3.06. The second-order valence-electron chi connectivity index (χ2n) is 5.51. The molecule has 3 nitrogen and oxygen atoms in total. The Balaban J connectivity index is 1.61. The zero-order valence-electron chi connectivity index (χ0n) is 12.5. The molecule has 0 unspecified atom stereocenters. The standard InChI is InChI=1S/C18H20N2OS/c21-18(19-12-11-14-7-3-1-4-8-14)17-16(20-13-22-17)15-9-5-2-6-10-15/h2,5-7,9-10,13H,1,3-4,8,11-12H2,(H,19,21). The van der Waals surface area contributed by atoms with Crippen molar-refractivity contribution in [1.82, 2.24) is 10.3 Å². The van der Waals surface area contributed by atoms with E-state index in [1.54, 1.807) is 5.51 Å². The summed E-state index contributed by atoms with van der Waals surface area (Å²) >= 11 is 1.40. The molecule has 0 fully saturated rings. The van der Waals surface area contributed by atoms with E-state index in [-0.39, 0.29) is 5.91 Å². The number of allylic oxidation sites excluding steroid dienone is 1. The second-order valence-corrected chi connectivity index (χ2v) is 6.36. The lowest BCUT2D eigenvalue weighted by Crippen LogP contribution is -2.24. The number of aromatic nitrogens is 1. The van der Waals surface area contributed by atoms with Gasteiger partial charge in [0, 0.05) is 12.1 Å². The Hall–Kier alpha value is -1.94. The van der Waals surface area contributed by atoms with Crippen molar-refractivity contribution in [3.63, 3.8) is 0 Å². The van der Waals surface area contributed by atoms with Gasteiger partial charge in [0.05, 0.1) is 11.2 Å². The molecule has 0 aliphatic heterocycles. The Labute approximate surface area is 135 Å². The van der Waals surface area contributed by atoms with Gasteiger partial charge in [-0.05, 0) is 32.1 Å². The largest absolute Gasteiger partial charge is 0.351 e. The fourth-order valence-electron chi connectivity index (χ4n) is 2.76. The summed E-state index contributed by atoms with van der Waals surface area (Å²) in [5.74, 6) is -0.0160. The van der Waals surface area contributed by atoms with E-state index in [1.807, 2.05) is 30.3 Å². The number of rotatable bonds is 5. The molecule has 1 N–H and O–H groups in total. The first-order valence-corrected chi connectivity index (χ1v) is 8.67. The summed E-state index contributed by atoms with van der Waals surface area (Å²) in [4.78, 5) is 17.4. The van der Waals surface area contributed by atoms with Crippen LogP contribution in [0.25, 0.3) is 11.3 Å². The highest BCUT2D eigenvalue weighted by Crippen LogP contribution is 2.25. The van der Waals surface area contributed by atoms with E-state index in [1.165, 1.54) is 42.6 Å². The molecule has 1 aliphatic rings. The highest BCUT2D eigenvalue weighted by molar-refractivity contribution is 7.12. The first kappa shape index (κ1) is 15.0. The molecule has 1 amide bonds. The van der Waals surface area contributed by atoms with Gasteiger partial charge in [-0.15, -0.1) is 11.3 Å². The Morgan fingerprint density at radius 1 is 1.23 bits per heavy atom. The van der Waals surface area contributed by atoms with E-state index in [0.29, 0.717) is 11.4 Å². The van der Waals surface area contributed by atoms with Gasteiger partial charge < -0.3 is 5.32 Å². The summed E-state index contributed by atoms with van der Waals surface area (Å²) in [5.41, 5.74) is 4.99. The van der Waals surface area contributed by atoms with Crippen molar-refractivity contribution < 1.29 is 4.79 Å². The number of hydrogen-bond acceptors (Lipinski definition) is 3. The lowest BCUT2D eigenvalue weighted by atomic mass is 9.97. The third-order valence-electron chi connectivity index (χ3n) is 3.94. The summed E-state index contributed by atoms with van der Waals surface area (Å²) in [6.45, 7) is 0.705. The van der Waals surface area contributed by atoms with Crippen molar-refractivity contribution >= 4 is 17.2 Å². The van der Waals surface area contributed by atoms with E-state index < -0.39 is 0 Å². The first-order valence-electron chi connectivity index (χ1n) is 7.79. The maximum absolute atomic E-state index is 12.4. The predicted molar refractivity (Wildman–Crippen MR) is 91.1 cm³/mol. The summed E-state index contributed by atoms with van der Waals surface area (Å²) in [7, 11) is 0. The minimum absolute atomic E-state index is 0.0160. The number of benzene rings is 1. The van der Waals surface area contributed by atoms with E-state index in [0.717, 1.165) is 17.7 Å². The molecule has 3 rings (SSSR count). The van der Waals surface area contributed by atoms with Gasteiger partial charge >= 0.3 is 0 Å². The molecule has 0 bridgehead atoms. The van der Waals surface area contributed by atoms with Crippen LogP contribution < -0.4 is 5.32 Å². The van der Waals surface area contributed by atoms with Crippen LogP contribution in [0.5, 0.6) is 0 Å². The molecule has 1 aliphatic carbocycles. The highest BCUT2D eigenvalue weighted by atomic mass is 32.1. The predicted octanol–water partition coefficient (Wildman–Crippen LogP) is 4.43. The molecule has 0 atom stereocenters. The van der Waals surface area contributed by atoms with Gasteiger partial charge in [0.15, 0.2) is 0 Å². The Kier molecular flexibility index (Phi) is 5.01. The molecule has 1 heterocycles. The minimum Gasteiger partial charge on any atom is -0.351 e. The third kappa shape index (κ3) is 3.63. The smallest absolute Gasteiger partial charge is 0.263 e. The molecule has 2 aromatic rings. The topological polar surface area (TPSA) is 42.0 Å². The molecule has 0 saturated carbocycles. The number of carbonyl (C=O) groups is 1. The molecule has 1 aromatic heterocycles. The van der Waals surface area contributed by atoms with Crippen LogP contribution in [0.2, 0.25) is 0 Å². The van der Waals surface area contributed by atoms with Crippen molar-refractivity contribution in [2.24, 2.45) is 0 Å². The molecule has 1 aromatic carbocycles. The van der Waals surface area contributed by atoms with Crippen molar-refractivity contribution in [2.75, 3.05) is 6.54 Å². The van der Waals surface area contributed by atoms with E-state index in [2.05, 4.69) is 16.4 Å². The van der Waals surface area contributed by atoms with E-state index in [4.69, 9.17) is 0 Å². The minimum atomic E-state index is -0.0160. The van der Waals surface area contributed by atoms with Gasteiger partial charge in [0.2, 0.25) is 0 Å². The Morgan fingerprint density at radius 3 is 2.86 bits per heavy atom. The first-order chi connectivity index (χ1) is 10.8. The zero-order valence-corrected chi connectivity index (χ0v) is 13.4. The van der Waals surface area contributed by atoms with Gasteiger partial charge in [-0.3, -0.25) is 4.79 Å². The van der Waals surface area contributed by atoms with Crippen LogP contribution in [-0.4, -0.2) is 17.4 Å². The SMILES string of the molecule is O=C(NCCC1=CCCCC1)c1scnc1-c1ccccc1. The fraction of sp³-hybridized carbons (Fsp3) is 0.333. The van der Waals surface area contributed by atoms with Gasteiger partial charge in [0.25, 0.3) is 5.91 Å². The number of nitrogens with zero attached hydrogens (tertiary/aromatic N) is 1. The number of hydrogen-bond donors (Lipinski definition) is 1. The van der Waals surface area contributed by atoms with Crippen molar-refractivity contribution in [2.45, 2.75) is 32.1 Å². The van der Waals surface area contributed by atoms with Crippen LogP contribution in [0.1, 0.15) is 41.8 Å².